The lowest BCUT2D eigenvalue weighted by Gasteiger charge is -2.19. The summed E-state index contributed by atoms with van der Waals surface area (Å²) in [5, 5.41) is 19.9. The third kappa shape index (κ3) is 13.5. The maximum atomic E-state index is 11.2. The summed E-state index contributed by atoms with van der Waals surface area (Å²) < 4.78 is 20.5. The molecule has 156 valence electrons. The lowest BCUT2D eigenvalue weighted by atomic mass is 10.3. The Morgan fingerprint density at radius 3 is 1.85 bits per heavy atom. The van der Waals surface area contributed by atoms with Crippen LogP contribution in [0.5, 0.6) is 0 Å². The molecule has 0 fully saturated rings. The first-order valence-electron chi connectivity index (χ1n) is 8.44. The highest BCUT2D eigenvalue weighted by Gasteiger charge is 2.14. The van der Waals surface area contributed by atoms with Crippen LogP contribution in [0.2, 0.25) is 0 Å². The van der Waals surface area contributed by atoms with Crippen molar-refractivity contribution in [2.45, 2.75) is 38.6 Å². The first kappa shape index (κ1) is 25.7. The third-order valence-corrected chi connectivity index (χ3v) is 3.82. The molecule has 0 radical (unpaired) electrons. The van der Waals surface area contributed by atoms with Gasteiger partial charge >= 0.3 is 11.9 Å². The molecule has 27 heavy (non-hydrogen) atoms. The Morgan fingerprint density at radius 2 is 1.41 bits per heavy atom. The molecular formula is C18H29BrO8. The van der Waals surface area contributed by atoms with E-state index in [4.69, 9.17) is 18.9 Å². The molecule has 8 nitrogen and oxygen atoms in total. The molecule has 0 amide bonds. The Bertz CT molecular complexity index is 494. The molecule has 0 aliphatic carbocycles. The van der Waals surface area contributed by atoms with Gasteiger partial charge in [-0.3, -0.25) is 0 Å². The number of esters is 2. The number of aliphatic hydroxyl groups excluding tert-OH is 2. The summed E-state index contributed by atoms with van der Waals surface area (Å²) >= 11 is 3.31. The van der Waals surface area contributed by atoms with Crippen LogP contribution < -0.4 is 0 Å². The van der Waals surface area contributed by atoms with E-state index in [0.29, 0.717) is 18.4 Å². The van der Waals surface area contributed by atoms with Crippen LogP contribution in [0.3, 0.4) is 0 Å². The summed E-state index contributed by atoms with van der Waals surface area (Å²) in [6, 6.07) is 0. The van der Waals surface area contributed by atoms with Crippen molar-refractivity contribution in [2.24, 2.45) is 0 Å². The fourth-order valence-corrected chi connectivity index (χ4v) is 2.08. The van der Waals surface area contributed by atoms with Crippen LogP contribution in [0.25, 0.3) is 0 Å². The van der Waals surface area contributed by atoms with Gasteiger partial charge in [-0.2, -0.15) is 0 Å². The van der Waals surface area contributed by atoms with E-state index < -0.39 is 24.1 Å². The van der Waals surface area contributed by atoms with E-state index in [2.05, 4.69) is 29.1 Å². The highest BCUT2D eigenvalue weighted by atomic mass is 79.9. The van der Waals surface area contributed by atoms with Gasteiger partial charge in [0, 0.05) is 23.1 Å². The van der Waals surface area contributed by atoms with Gasteiger partial charge in [-0.15, -0.1) is 0 Å². The summed E-state index contributed by atoms with van der Waals surface area (Å²) in [5.41, 5.74) is 0.521. The molecule has 0 aromatic carbocycles. The Labute approximate surface area is 168 Å². The third-order valence-electron chi connectivity index (χ3n) is 3.10. The number of halogens is 1. The zero-order valence-electron chi connectivity index (χ0n) is 15.8. The Hall–Kier alpha value is -1.26. The number of aliphatic hydroxyl groups is 2. The fourth-order valence-electron chi connectivity index (χ4n) is 1.57. The van der Waals surface area contributed by atoms with Gasteiger partial charge in [0.1, 0.15) is 25.4 Å². The lowest BCUT2D eigenvalue weighted by Crippen LogP contribution is -2.29. The smallest absolute Gasteiger partial charge is 0.333 e. The minimum absolute atomic E-state index is 0.000776. The largest absolute Gasteiger partial charge is 0.460 e. The first-order chi connectivity index (χ1) is 12.7. The molecular weight excluding hydrogens is 424 g/mol. The van der Waals surface area contributed by atoms with Gasteiger partial charge in [-0.05, 0) is 20.3 Å². The quantitative estimate of drug-likeness (QED) is 0.164. The highest BCUT2D eigenvalue weighted by Crippen LogP contribution is 2.06. The van der Waals surface area contributed by atoms with Crippen LogP contribution in [0.1, 0.15) is 20.3 Å². The minimum atomic E-state index is -0.944. The van der Waals surface area contributed by atoms with Crippen molar-refractivity contribution >= 4 is 27.9 Å². The second-order valence-corrected chi connectivity index (χ2v) is 6.69. The monoisotopic (exact) mass is 452 g/mol. The van der Waals surface area contributed by atoms with Gasteiger partial charge in [0.15, 0.2) is 0 Å². The topological polar surface area (TPSA) is 112 Å². The summed E-state index contributed by atoms with van der Waals surface area (Å²) in [6.45, 7) is 9.91. The van der Waals surface area contributed by atoms with E-state index in [-0.39, 0.29) is 43.7 Å². The number of hydrogen-bond acceptors (Lipinski definition) is 8. The van der Waals surface area contributed by atoms with E-state index in [1.54, 1.807) is 0 Å². The van der Waals surface area contributed by atoms with Gasteiger partial charge in [-0.25, -0.2) is 9.59 Å². The number of rotatable bonds is 15. The second kappa shape index (κ2) is 14.8. The van der Waals surface area contributed by atoms with E-state index in [9.17, 15) is 19.8 Å². The van der Waals surface area contributed by atoms with Crippen molar-refractivity contribution in [2.75, 3.05) is 38.4 Å². The number of alkyl halides is 1. The van der Waals surface area contributed by atoms with Crippen molar-refractivity contribution < 1.29 is 38.7 Å². The van der Waals surface area contributed by atoms with E-state index in [0.717, 1.165) is 0 Å². The summed E-state index contributed by atoms with van der Waals surface area (Å²) in [7, 11) is 0. The molecule has 0 heterocycles. The predicted octanol–water partition coefficient (Wildman–Crippen LogP) is 1.13. The van der Waals surface area contributed by atoms with Gasteiger partial charge in [0.2, 0.25) is 0 Å². The zero-order chi connectivity index (χ0) is 20.8. The van der Waals surface area contributed by atoms with E-state index in [1.807, 2.05) is 0 Å². The Morgan fingerprint density at radius 1 is 0.926 bits per heavy atom. The fraction of sp³-hybridized carbons (Fsp3) is 0.667. The van der Waals surface area contributed by atoms with Crippen LogP contribution in [0.4, 0.5) is 0 Å². The average Bonchev–Trinajstić information content (AvgIpc) is 2.62. The van der Waals surface area contributed by atoms with Crippen molar-refractivity contribution in [3.05, 3.63) is 24.3 Å². The van der Waals surface area contributed by atoms with Crippen LogP contribution in [-0.4, -0.2) is 78.8 Å². The molecule has 0 rings (SSSR count). The Kier molecular flexibility index (Phi) is 14.1. The van der Waals surface area contributed by atoms with Gasteiger partial charge in [0.05, 0.1) is 19.3 Å². The van der Waals surface area contributed by atoms with E-state index in [1.165, 1.54) is 13.8 Å². The minimum Gasteiger partial charge on any atom is -0.460 e. The normalized spacial score (nSPS) is 14.1. The first-order valence-corrected chi connectivity index (χ1v) is 9.56. The lowest BCUT2D eigenvalue weighted by molar-refractivity contribution is -0.143. The second-order valence-electron chi connectivity index (χ2n) is 6.04. The van der Waals surface area contributed by atoms with Gasteiger partial charge in [0.25, 0.3) is 0 Å². The number of hydrogen-bond donors (Lipinski definition) is 2. The maximum Gasteiger partial charge on any atom is 0.333 e. The van der Waals surface area contributed by atoms with Crippen LogP contribution in [0.15, 0.2) is 24.3 Å². The SMILES string of the molecule is C=C(C)C(=O)OCC(O)COCCC(CBr)OCC(O)COC(=O)C(=C)C. The predicted molar refractivity (Wildman–Crippen MR) is 103 cm³/mol. The van der Waals surface area contributed by atoms with Crippen LogP contribution in [0, 0.1) is 0 Å². The molecule has 3 atom stereocenters. The molecule has 0 aliphatic rings. The molecule has 3 unspecified atom stereocenters. The maximum absolute atomic E-state index is 11.2. The molecule has 0 spiro atoms. The summed E-state index contributed by atoms with van der Waals surface area (Å²) in [4.78, 5) is 22.4. The number of carbonyl (C=O) groups is 2. The molecule has 0 aromatic heterocycles. The molecule has 0 bridgehead atoms. The standard InChI is InChI=1S/C18H29BrO8/c1-12(2)17(22)26-10-14(20)8-24-6-5-16(7-19)25-9-15(21)11-27-18(23)13(3)4/h14-16,20-21H,1,3,5-11H2,2,4H3. The highest BCUT2D eigenvalue weighted by molar-refractivity contribution is 9.09. The summed E-state index contributed by atoms with van der Waals surface area (Å²) in [6.07, 6.45) is -1.58. The van der Waals surface area contributed by atoms with Crippen molar-refractivity contribution in [3.8, 4) is 0 Å². The molecule has 0 saturated carbocycles. The molecule has 0 aromatic rings. The zero-order valence-corrected chi connectivity index (χ0v) is 17.4. The van der Waals surface area contributed by atoms with Crippen molar-refractivity contribution in [1.82, 2.24) is 0 Å². The molecule has 0 aliphatic heterocycles. The molecule has 2 N–H and O–H groups in total. The van der Waals surface area contributed by atoms with Crippen LogP contribution >= 0.6 is 15.9 Å². The average molecular weight is 453 g/mol. The van der Waals surface area contributed by atoms with E-state index >= 15 is 0 Å². The number of carbonyl (C=O) groups excluding carboxylic acids is 2. The van der Waals surface area contributed by atoms with Gasteiger partial charge < -0.3 is 29.2 Å². The number of ether oxygens (including phenoxy) is 4. The summed E-state index contributed by atoms with van der Waals surface area (Å²) in [5.74, 6) is -1.12. The van der Waals surface area contributed by atoms with Crippen molar-refractivity contribution in [1.29, 1.82) is 0 Å². The van der Waals surface area contributed by atoms with Crippen LogP contribution in [-0.2, 0) is 28.5 Å². The van der Waals surface area contributed by atoms with Crippen molar-refractivity contribution in [3.63, 3.8) is 0 Å². The Balaban J connectivity index is 3.88. The van der Waals surface area contributed by atoms with Gasteiger partial charge in [-0.1, -0.05) is 29.1 Å². The molecule has 9 heteroatoms. The molecule has 0 saturated heterocycles.